The highest BCUT2D eigenvalue weighted by Gasteiger charge is 2.36. The van der Waals surface area contributed by atoms with Crippen molar-refractivity contribution in [3.63, 3.8) is 0 Å². The van der Waals surface area contributed by atoms with Gasteiger partial charge >= 0.3 is 12.5 Å². The smallest absolute Gasteiger partial charge is 0.444 e. The summed E-state index contributed by atoms with van der Waals surface area (Å²) in [5.74, 6) is -2.73. The Labute approximate surface area is 244 Å². The van der Waals surface area contributed by atoms with Crippen molar-refractivity contribution in [2.45, 2.75) is 84.0 Å². The summed E-state index contributed by atoms with van der Waals surface area (Å²) in [6.07, 6.45) is -3.01. The van der Waals surface area contributed by atoms with Crippen molar-refractivity contribution in [2.75, 3.05) is 30.9 Å². The minimum absolute atomic E-state index is 0.113. The largest absolute Gasteiger partial charge is 0.573 e. The first kappa shape index (κ1) is 35.1. The summed E-state index contributed by atoms with van der Waals surface area (Å²) < 4.78 is 71.6. The molecule has 15 heteroatoms. The molecule has 0 spiro atoms. The standard InChI is InChI=1S/C27H41F3N4O7S/c1-16(2)34(6)18-8-10-21(17(12-18)15-42(7,38)39)32-23(35)14-31-24(36)20-13-19(40-27(28,29)30)9-11-22(20)33-25(37)41-26(3,4)5/h9,11,13,16-18,21H,8,10,12,14-15H2,1-7H3,(H,31,36)(H,32,35)(H,33,37)/t17-,18+,21-/m0/s1. The Kier molecular flexibility index (Phi) is 11.7. The monoisotopic (exact) mass is 622 g/mol. The van der Waals surface area contributed by atoms with E-state index in [9.17, 15) is 36.0 Å². The summed E-state index contributed by atoms with van der Waals surface area (Å²) in [4.78, 5) is 40.2. The number of amides is 3. The minimum Gasteiger partial charge on any atom is -0.444 e. The molecule has 1 aromatic carbocycles. The second-order valence-corrected chi connectivity index (χ2v) is 14.0. The molecule has 0 unspecified atom stereocenters. The van der Waals surface area contributed by atoms with Crippen LogP contribution in [-0.4, -0.2) is 86.9 Å². The van der Waals surface area contributed by atoms with Gasteiger partial charge in [-0.05, 0) is 85.0 Å². The molecule has 3 atom stereocenters. The molecule has 0 bridgehead atoms. The predicted molar refractivity (Wildman–Crippen MR) is 151 cm³/mol. The van der Waals surface area contributed by atoms with Gasteiger partial charge in [0.05, 0.1) is 23.5 Å². The number of sulfone groups is 1. The van der Waals surface area contributed by atoms with E-state index in [0.717, 1.165) is 30.9 Å². The fourth-order valence-electron chi connectivity index (χ4n) is 4.74. The zero-order valence-electron chi connectivity index (χ0n) is 24.9. The Morgan fingerprint density at radius 1 is 1.12 bits per heavy atom. The maximum absolute atomic E-state index is 13.0. The summed E-state index contributed by atoms with van der Waals surface area (Å²) in [6, 6.07) is 2.69. The molecule has 2 rings (SSSR count). The summed E-state index contributed by atoms with van der Waals surface area (Å²) in [5.41, 5.74) is -1.46. The molecule has 238 valence electrons. The van der Waals surface area contributed by atoms with Crippen molar-refractivity contribution in [1.29, 1.82) is 0 Å². The fraction of sp³-hybridized carbons (Fsp3) is 0.667. The number of rotatable bonds is 10. The van der Waals surface area contributed by atoms with Crippen LogP contribution in [0.15, 0.2) is 18.2 Å². The molecule has 1 aliphatic carbocycles. The second-order valence-electron chi connectivity index (χ2n) is 11.8. The Morgan fingerprint density at radius 2 is 1.76 bits per heavy atom. The maximum Gasteiger partial charge on any atom is 0.573 e. The molecule has 0 aliphatic heterocycles. The predicted octanol–water partition coefficient (Wildman–Crippen LogP) is 3.70. The van der Waals surface area contributed by atoms with Gasteiger partial charge in [0, 0.05) is 24.4 Å². The number of carbonyl (C=O) groups is 3. The SMILES string of the molecule is CC(C)N(C)[C@@H]1CC[C@H](NC(=O)CNC(=O)c2cc(OC(F)(F)F)ccc2NC(=O)OC(C)(C)C)[C@H](CS(C)(=O)=O)C1. The lowest BCUT2D eigenvalue weighted by atomic mass is 9.81. The Hall–Kier alpha value is -3.07. The number of nitrogens with zero attached hydrogens (tertiary/aromatic N) is 1. The normalized spacial score (nSPS) is 19.8. The lowest BCUT2D eigenvalue weighted by Crippen LogP contribution is -2.52. The van der Waals surface area contributed by atoms with Crippen LogP contribution < -0.4 is 20.7 Å². The van der Waals surface area contributed by atoms with E-state index in [1.165, 1.54) is 0 Å². The number of nitrogens with one attached hydrogen (secondary N) is 3. The third-order valence-electron chi connectivity index (χ3n) is 6.72. The maximum atomic E-state index is 13.0. The molecule has 1 aromatic rings. The average Bonchev–Trinajstić information content (AvgIpc) is 2.81. The Morgan fingerprint density at radius 3 is 2.31 bits per heavy atom. The Balaban J connectivity index is 2.15. The van der Waals surface area contributed by atoms with Crippen molar-refractivity contribution >= 4 is 33.4 Å². The van der Waals surface area contributed by atoms with Crippen molar-refractivity contribution < 1.29 is 45.4 Å². The van der Waals surface area contributed by atoms with Gasteiger partial charge in [0.1, 0.15) is 21.2 Å². The quantitative estimate of drug-likeness (QED) is 0.359. The third kappa shape index (κ3) is 12.0. The zero-order chi connectivity index (χ0) is 32.0. The molecular formula is C27H41F3N4O7S. The average molecular weight is 623 g/mol. The summed E-state index contributed by atoms with van der Waals surface area (Å²) in [7, 11) is -1.37. The highest BCUT2D eigenvalue weighted by molar-refractivity contribution is 7.90. The van der Waals surface area contributed by atoms with Gasteiger partial charge in [-0.1, -0.05) is 0 Å². The van der Waals surface area contributed by atoms with Crippen molar-refractivity contribution in [2.24, 2.45) is 5.92 Å². The fourth-order valence-corrected chi connectivity index (χ4v) is 5.88. The van der Waals surface area contributed by atoms with Crippen LogP contribution in [0.2, 0.25) is 0 Å². The summed E-state index contributed by atoms with van der Waals surface area (Å²) in [5, 5.41) is 7.46. The van der Waals surface area contributed by atoms with Crippen LogP contribution in [0.25, 0.3) is 0 Å². The molecule has 0 aromatic heterocycles. The van der Waals surface area contributed by atoms with E-state index in [4.69, 9.17) is 4.74 Å². The van der Waals surface area contributed by atoms with Gasteiger partial charge in [-0.3, -0.25) is 14.9 Å². The van der Waals surface area contributed by atoms with E-state index in [1.54, 1.807) is 20.8 Å². The van der Waals surface area contributed by atoms with Crippen LogP contribution in [0.3, 0.4) is 0 Å². The van der Waals surface area contributed by atoms with Gasteiger partial charge in [-0.15, -0.1) is 13.2 Å². The number of hydrogen-bond acceptors (Lipinski definition) is 8. The molecule has 1 saturated carbocycles. The third-order valence-corrected chi connectivity index (χ3v) is 7.76. The van der Waals surface area contributed by atoms with Crippen LogP contribution in [0.4, 0.5) is 23.7 Å². The molecule has 3 N–H and O–H groups in total. The van der Waals surface area contributed by atoms with Crippen LogP contribution >= 0.6 is 0 Å². The highest BCUT2D eigenvalue weighted by atomic mass is 32.2. The van der Waals surface area contributed by atoms with Crippen molar-refractivity contribution in [1.82, 2.24) is 15.5 Å². The molecule has 0 heterocycles. The van der Waals surface area contributed by atoms with E-state index in [-0.39, 0.29) is 29.4 Å². The van der Waals surface area contributed by atoms with Crippen LogP contribution in [0, 0.1) is 5.92 Å². The number of anilines is 1. The second kappa shape index (κ2) is 13.9. The number of alkyl halides is 3. The van der Waals surface area contributed by atoms with Crippen molar-refractivity contribution in [3.05, 3.63) is 23.8 Å². The Bertz CT molecular complexity index is 1230. The highest BCUT2D eigenvalue weighted by Crippen LogP contribution is 2.30. The number of benzene rings is 1. The van der Waals surface area contributed by atoms with Gasteiger partial charge in [0.15, 0.2) is 0 Å². The molecule has 11 nitrogen and oxygen atoms in total. The van der Waals surface area contributed by atoms with Crippen molar-refractivity contribution in [3.8, 4) is 5.75 Å². The summed E-state index contributed by atoms with van der Waals surface area (Å²) in [6.45, 7) is 8.35. The number of carbonyl (C=O) groups excluding carboxylic acids is 3. The van der Waals surface area contributed by atoms with E-state index >= 15 is 0 Å². The molecule has 1 fully saturated rings. The van der Waals surface area contributed by atoms with Crippen LogP contribution in [0.5, 0.6) is 5.75 Å². The number of ether oxygens (including phenoxy) is 2. The van der Waals surface area contributed by atoms with E-state index in [2.05, 4.69) is 25.6 Å². The number of hydrogen-bond donors (Lipinski definition) is 3. The minimum atomic E-state index is -5.03. The van der Waals surface area contributed by atoms with E-state index in [1.807, 2.05) is 20.9 Å². The van der Waals surface area contributed by atoms with Gasteiger partial charge in [0.2, 0.25) is 5.91 Å². The topological polar surface area (TPSA) is 143 Å². The first-order valence-corrected chi connectivity index (χ1v) is 15.6. The molecule has 42 heavy (non-hydrogen) atoms. The lowest BCUT2D eigenvalue weighted by molar-refractivity contribution is -0.274. The zero-order valence-corrected chi connectivity index (χ0v) is 25.7. The molecule has 0 saturated heterocycles. The molecule has 0 radical (unpaired) electrons. The van der Waals surface area contributed by atoms with E-state index in [0.29, 0.717) is 12.8 Å². The first-order chi connectivity index (χ1) is 19.1. The van der Waals surface area contributed by atoms with Gasteiger partial charge in [0.25, 0.3) is 5.91 Å². The molecular weight excluding hydrogens is 581 g/mol. The van der Waals surface area contributed by atoms with Gasteiger partial charge in [-0.25, -0.2) is 13.2 Å². The first-order valence-electron chi connectivity index (χ1n) is 13.5. The molecule has 3 amide bonds. The number of halogens is 3. The lowest BCUT2D eigenvalue weighted by Gasteiger charge is -2.41. The van der Waals surface area contributed by atoms with Crippen LogP contribution in [0.1, 0.15) is 64.2 Å². The summed E-state index contributed by atoms with van der Waals surface area (Å²) >= 11 is 0. The van der Waals surface area contributed by atoms with E-state index < -0.39 is 63.6 Å². The van der Waals surface area contributed by atoms with Gasteiger partial charge < -0.3 is 25.0 Å². The molecule has 1 aliphatic rings. The van der Waals surface area contributed by atoms with Gasteiger partial charge in [-0.2, -0.15) is 0 Å². The van der Waals surface area contributed by atoms with Crippen LogP contribution in [-0.2, 0) is 19.4 Å².